The van der Waals surface area contributed by atoms with Crippen LogP contribution in [0.5, 0.6) is 0 Å². The van der Waals surface area contributed by atoms with Gasteiger partial charge in [-0.25, -0.2) is 0 Å². The molecule has 1 amide bonds. The second-order valence-electron chi connectivity index (χ2n) is 4.03. The van der Waals surface area contributed by atoms with Crippen LogP contribution in [0.4, 0.5) is 5.69 Å². The van der Waals surface area contributed by atoms with Gasteiger partial charge in [0.05, 0.1) is 0 Å². The number of amides is 1. The first-order valence-electron chi connectivity index (χ1n) is 5.74. The van der Waals surface area contributed by atoms with Crippen LogP contribution in [0.3, 0.4) is 0 Å². The fourth-order valence-electron chi connectivity index (χ4n) is 2.02. The smallest absolute Gasteiger partial charge is 0.269 e. The first kappa shape index (κ1) is 10.9. The van der Waals surface area contributed by atoms with Crippen LogP contribution in [-0.2, 0) is 0 Å². The second kappa shape index (κ2) is 4.96. The number of pyridine rings is 1. The predicted molar refractivity (Wildman–Crippen MR) is 63.7 cm³/mol. The second-order valence-corrected chi connectivity index (χ2v) is 4.03. The highest BCUT2D eigenvalue weighted by atomic mass is 16.1. The van der Waals surface area contributed by atoms with Gasteiger partial charge in [0.15, 0.2) is 0 Å². The van der Waals surface area contributed by atoms with Crippen molar-refractivity contribution in [2.45, 2.75) is 19.3 Å². The first-order valence-corrected chi connectivity index (χ1v) is 5.74. The SMILES string of the molecule is CNC(=O)c1cc(N2CCCCC2)ccn1. The maximum atomic E-state index is 11.5. The highest BCUT2D eigenvalue weighted by Gasteiger charge is 2.13. The molecule has 1 aromatic heterocycles. The minimum Gasteiger partial charge on any atom is -0.371 e. The molecule has 1 aliphatic heterocycles. The third-order valence-corrected chi connectivity index (χ3v) is 2.92. The first-order chi connectivity index (χ1) is 7.81. The molecule has 0 saturated carbocycles. The lowest BCUT2D eigenvalue weighted by molar-refractivity contribution is 0.0958. The summed E-state index contributed by atoms with van der Waals surface area (Å²) < 4.78 is 0. The summed E-state index contributed by atoms with van der Waals surface area (Å²) in [7, 11) is 1.62. The molecule has 2 rings (SSSR count). The molecule has 0 spiro atoms. The zero-order valence-corrected chi connectivity index (χ0v) is 9.57. The lowest BCUT2D eigenvalue weighted by Crippen LogP contribution is -2.30. The van der Waals surface area contributed by atoms with Gasteiger partial charge in [-0.05, 0) is 31.4 Å². The van der Waals surface area contributed by atoms with E-state index >= 15 is 0 Å². The van der Waals surface area contributed by atoms with E-state index < -0.39 is 0 Å². The highest BCUT2D eigenvalue weighted by Crippen LogP contribution is 2.19. The van der Waals surface area contributed by atoms with Crippen LogP contribution < -0.4 is 10.2 Å². The van der Waals surface area contributed by atoms with Gasteiger partial charge < -0.3 is 10.2 Å². The van der Waals surface area contributed by atoms with Crippen molar-refractivity contribution >= 4 is 11.6 Å². The summed E-state index contributed by atoms with van der Waals surface area (Å²) in [6, 6.07) is 3.84. The summed E-state index contributed by atoms with van der Waals surface area (Å²) in [5.74, 6) is -0.126. The Hall–Kier alpha value is -1.58. The summed E-state index contributed by atoms with van der Waals surface area (Å²) in [6.45, 7) is 2.16. The number of rotatable bonds is 2. The minimum absolute atomic E-state index is 0.126. The van der Waals surface area contributed by atoms with Crippen molar-refractivity contribution in [3.63, 3.8) is 0 Å². The summed E-state index contributed by atoms with van der Waals surface area (Å²) in [5, 5.41) is 2.59. The number of anilines is 1. The maximum absolute atomic E-state index is 11.5. The third kappa shape index (κ3) is 2.32. The van der Waals surface area contributed by atoms with E-state index in [1.54, 1.807) is 13.2 Å². The van der Waals surface area contributed by atoms with Crippen molar-refractivity contribution < 1.29 is 4.79 Å². The molecule has 4 heteroatoms. The third-order valence-electron chi connectivity index (χ3n) is 2.92. The van der Waals surface area contributed by atoms with E-state index in [0.717, 1.165) is 18.8 Å². The molecule has 0 aliphatic carbocycles. The van der Waals surface area contributed by atoms with Crippen LogP contribution in [0.2, 0.25) is 0 Å². The molecule has 0 radical (unpaired) electrons. The molecule has 0 aromatic carbocycles. The zero-order chi connectivity index (χ0) is 11.4. The topological polar surface area (TPSA) is 45.2 Å². The van der Waals surface area contributed by atoms with E-state index in [1.165, 1.54) is 19.3 Å². The highest BCUT2D eigenvalue weighted by molar-refractivity contribution is 5.92. The van der Waals surface area contributed by atoms with Gasteiger partial charge in [-0.2, -0.15) is 0 Å². The van der Waals surface area contributed by atoms with Gasteiger partial charge in [0, 0.05) is 32.0 Å². The van der Waals surface area contributed by atoms with E-state index in [2.05, 4.69) is 15.2 Å². The Morgan fingerprint density at radius 2 is 2.12 bits per heavy atom. The molecule has 16 heavy (non-hydrogen) atoms. The Morgan fingerprint density at radius 1 is 1.38 bits per heavy atom. The summed E-state index contributed by atoms with van der Waals surface area (Å²) in [6.07, 6.45) is 5.48. The normalized spacial score (nSPS) is 15.9. The Kier molecular flexibility index (Phi) is 3.39. The Morgan fingerprint density at radius 3 is 2.81 bits per heavy atom. The fraction of sp³-hybridized carbons (Fsp3) is 0.500. The number of hydrogen-bond donors (Lipinski definition) is 1. The van der Waals surface area contributed by atoms with Crippen LogP contribution in [0.25, 0.3) is 0 Å². The van der Waals surface area contributed by atoms with E-state index in [1.807, 2.05) is 12.1 Å². The summed E-state index contributed by atoms with van der Waals surface area (Å²) in [5.41, 5.74) is 1.60. The quantitative estimate of drug-likeness (QED) is 0.818. The fourth-order valence-corrected chi connectivity index (χ4v) is 2.02. The molecule has 86 valence electrons. The van der Waals surface area contributed by atoms with Crippen molar-refractivity contribution in [1.82, 2.24) is 10.3 Å². The number of piperidine rings is 1. The summed E-state index contributed by atoms with van der Waals surface area (Å²) >= 11 is 0. The monoisotopic (exact) mass is 219 g/mol. The average Bonchev–Trinajstić information content (AvgIpc) is 2.39. The number of nitrogens with zero attached hydrogens (tertiary/aromatic N) is 2. The van der Waals surface area contributed by atoms with Crippen LogP contribution in [0, 0.1) is 0 Å². The van der Waals surface area contributed by atoms with Crippen molar-refractivity contribution in [2.75, 3.05) is 25.0 Å². The molecule has 2 heterocycles. The Balaban J connectivity index is 2.17. The number of hydrogen-bond acceptors (Lipinski definition) is 3. The molecule has 1 N–H and O–H groups in total. The van der Waals surface area contributed by atoms with Gasteiger partial charge in [-0.15, -0.1) is 0 Å². The van der Waals surface area contributed by atoms with Gasteiger partial charge in [-0.1, -0.05) is 0 Å². The lowest BCUT2D eigenvalue weighted by atomic mass is 10.1. The predicted octanol–water partition coefficient (Wildman–Crippen LogP) is 1.43. The Bertz CT molecular complexity index is 372. The molecule has 0 unspecified atom stereocenters. The molecule has 0 bridgehead atoms. The number of nitrogens with one attached hydrogen (secondary N) is 1. The largest absolute Gasteiger partial charge is 0.371 e. The number of aromatic nitrogens is 1. The molecule has 1 aliphatic rings. The van der Waals surface area contributed by atoms with Gasteiger partial charge >= 0.3 is 0 Å². The Labute approximate surface area is 95.7 Å². The average molecular weight is 219 g/mol. The maximum Gasteiger partial charge on any atom is 0.269 e. The number of carbonyl (C=O) groups excluding carboxylic acids is 1. The van der Waals surface area contributed by atoms with Crippen molar-refractivity contribution in [2.24, 2.45) is 0 Å². The van der Waals surface area contributed by atoms with Crippen molar-refractivity contribution in [3.05, 3.63) is 24.0 Å². The van der Waals surface area contributed by atoms with Crippen LogP contribution in [0.15, 0.2) is 18.3 Å². The van der Waals surface area contributed by atoms with Crippen molar-refractivity contribution in [1.29, 1.82) is 0 Å². The molecule has 1 aromatic rings. The van der Waals surface area contributed by atoms with E-state index in [9.17, 15) is 4.79 Å². The van der Waals surface area contributed by atoms with E-state index in [0.29, 0.717) is 5.69 Å². The lowest BCUT2D eigenvalue weighted by Gasteiger charge is -2.28. The van der Waals surface area contributed by atoms with E-state index in [4.69, 9.17) is 0 Å². The van der Waals surface area contributed by atoms with Crippen molar-refractivity contribution in [3.8, 4) is 0 Å². The molecule has 1 saturated heterocycles. The van der Waals surface area contributed by atoms with E-state index in [-0.39, 0.29) is 5.91 Å². The van der Waals surface area contributed by atoms with Crippen LogP contribution >= 0.6 is 0 Å². The van der Waals surface area contributed by atoms with Crippen LogP contribution in [0.1, 0.15) is 29.8 Å². The zero-order valence-electron chi connectivity index (χ0n) is 9.57. The number of carbonyl (C=O) groups is 1. The minimum atomic E-state index is -0.126. The standard InChI is InChI=1S/C12H17N3O/c1-13-12(16)11-9-10(5-6-14-11)15-7-3-2-4-8-15/h5-6,9H,2-4,7-8H2,1H3,(H,13,16). The van der Waals surface area contributed by atoms with Crippen LogP contribution in [-0.4, -0.2) is 31.0 Å². The van der Waals surface area contributed by atoms with Gasteiger partial charge in [0.1, 0.15) is 5.69 Å². The molecule has 1 fully saturated rings. The van der Waals surface area contributed by atoms with Gasteiger partial charge in [-0.3, -0.25) is 9.78 Å². The van der Waals surface area contributed by atoms with Gasteiger partial charge in [0.2, 0.25) is 0 Å². The molecule has 4 nitrogen and oxygen atoms in total. The molecular formula is C12H17N3O. The summed E-state index contributed by atoms with van der Waals surface area (Å²) in [4.78, 5) is 17.8. The molecule has 0 atom stereocenters. The van der Waals surface area contributed by atoms with Gasteiger partial charge in [0.25, 0.3) is 5.91 Å². The molecular weight excluding hydrogens is 202 g/mol.